The molecule has 2 aromatic carbocycles. The van der Waals surface area contributed by atoms with Gasteiger partial charge >= 0.3 is 45.0 Å². The number of fused-ring (bicyclic) bond motifs is 11. The highest BCUT2D eigenvalue weighted by atomic mass is 16.5. The molecular weight excluding hydrogens is 472 g/mol. The lowest BCUT2D eigenvalue weighted by Crippen LogP contribution is -2.24. The minimum Gasteiger partial charge on any atom is -0.413 e. The minimum absolute atomic E-state index is 0.583. The van der Waals surface area contributed by atoms with Crippen molar-refractivity contribution in [2.24, 2.45) is 0 Å². The number of hydrogen-bond donors (Lipinski definition) is 0. The van der Waals surface area contributed by atoms with Crippen LogP contribution in [0.5, 0.6) is 0 Å². The lowest BCUT2D eigenvalue weighted by atomic mass is 10.1. The molecule has 16 nitrogen and oxygen atoms in total. The summed E-state index contributed by atoms with van der Waals surface area (Å²) in [5, 5.41) is -1.17. The molecule has 4 aromatic heterocycles. The number of hydrogen-bond acceptors (Lipinski definition) is 16. The molecular formula is C18O16. The van der Waals surface area contributed by atoms with Crippen molar-refractivity contribution < 1.29 is 35.3 Å². The first-order valence-electron chi connectivity index (χ1n) is 8.65. The zero-order chi connectivity index (χ0) is 24.0. The molecule has 0 atom stereocenters. The molecule has 0 unspecified atom stereocenters. The smallest absolute Gasteiger partial charge is 0.413 e. The van der Waals surface area contributed by atoms with Crippen molar-refractivity contribution in [1.82, 2.24) is 0 Å². The van der Waals surface area contributed by atoms with Gasteiger partial charge in [0.05, 0.1) is 10.8 Å². The van der Waals surface area contributed by atoms with Crippen molar-refractivity contribution in [3.8, 4) is 0 Å². The van der Waals surface area contributed by atoms with Gasteiger partial charge in [-0.3, -0.25) is 0 Å². The summed E-state index contributed by atoms with van der Waals surface area (Å²) >= 11 is 0. The average molecular weight is 472 g/mol. The molecule has 0 spiro atoms. The van der Waals surface area contributed by atoms with E-state index >= 15 is 0 Å². The summed E-state index contributed by atoms with van der Waals surface area (Å²) in [7, 11) is 0. The summed E-state index contributed by atoms with van der Waals surface area (Å²) in [6.45, 7) is 0. The fourth-order valence-corrected chi connectivity index (χ4v) is 3.36. The minimum atomic E-state index is -1.58. The number of benzene rings is 2. The van der Waals surface area contributed by atoms with Crippen molar-refractivity contribution in [3.05, 3.63) is 83.4 Å². The molecule has 6 rings (SSSR count). The van der Waals surface area contributed by atoms with E-state index in [4.69, 9.17) is 35.3 Å². The van der Waals surface area contributed by atoms with Crippen LogP contribution >= 0.6 is 0 Å². The molecule has 0 radical (unpaired) electrons. The van der Waals surface area contributed by atoms with Crippen LogP contribution in [0.4, 0.5) is 0 Å². The van der Waals surface area contributed by atoms with Crippen LogP contribution in [0.25, 0.3) is 55.4 Å². The van der Waals surface area contributed by atoms with E-state index in [0.717, 1.165) is 0 Å². The third-order valence-electron chi connectivity index (χ3n) is 4.62. The molecule has 16 heteroatoms. The van der Waals surface area contributed by atoms with Crippen molar-refractivity contribution in [1.29, 1.82) is 0 Å². The lowest BCUT2D eigenvalue weighted by molar-refractivity contribution is 0.422. The lowest BCUT2D eigenvalue weighted by Gasteiger charge is -2.08. The van der Waals surface area contributed by atoms with Crippen LogP contribution in [-0.4, -0.2) is 0 Å². The molecule has 0 saturated heterocycles. The van der Waals surface area contributed by atoms with Crippen molar-refractivity contribution in [2.45, 2.75) is 0 Å². The van der Waals surface area contributed by atoms with E-state index in [-0.39, 0.29) is 0 Å². The second-order valence-electron chi connectivity index (χ2n) is 6.50. The Morgan fingerprint density at radius 1 is 0.235 bits per heavy atom. The summed E-state index contributed by atoms with van der Waals surface area (Å²) in [6.07, 6.45) is 0. The topological polar surface area (TPSA) is 242 Å². The van der Waals surface area contributed by atoms with Gasteiger partial charge < -0.3 is 35.3 Å². The normalized spacial score (nSPS) is 11.9. The Bertz CT molecular complexity index is 2060. The fraction of sp³-hybridized carbons (Fsp3) is 0. The first-order valence-corrected chi connectivity index (χ1v) is 8.65. The predicted octanol–water partition coefficient (Wildman–Crippen LogP) is -0.922. The predicted molar refractivity (Wildman–Crippen MR) is 102 cm³/mol. The van der Waals surface area contributed by atoms with Gasteiger partial charge in [-0.1, -0.05) is 0 Å². The van der Waals surface area contributed by atoms with Gasteiger partial charge in [-0.15, -0.1) is 0 Å². The zero-order valence-corrected chi connectivity index (χ0v) is 15.5. The monoisotopic (exact) mass is 472 g/mol. The first kappa shape index (κ1) is 19.2. The van der Waals surface area contributed by atoms with Gasteiger partial charge in [0.1, 0.15) is 0 Å². The van der Waals surface area contributed by atoms with Gasteiger partial charge in [0.15, 0.2) is 22.3 Å². The Balaban J connectivity index is 2.21. The van der Waals surface area contributed by atoms with Crippen molar-refractivity contribution in [2.75, 3.05) is 0 Å². The van der Waals surface area contributed by atoms with E-state index < -0.39 is 100 Å². The SMILES string of the molecule is O=c1oc2c3oc(=O)c(=O)oc3c3c4oc(=O)c(=O)oc4c4oc(=O)c(=O)oc4c3c2oc1=O. The van der Waals surface area contributed by atoms with E-state index in [1.54, 1.807) is 0 Å². The van der Waals surface area contributed by atoms with Gasteiger partial charge in [-0.25, -0.2) is 38.4 Å². The van der Waals surface area contributed by atoms with Crippen LogP contribution in [0, 0.1) is 0 Å². The summed E-state index contributed by atoms with van der Waals surface area (Å²) < 4.78 is 39.0. The maximum atomic E-state index is 11.9. The summed E-state index contributed by atoms with van der Waals surface area (Å²) in [4.78, 5) is 94.8. The highest BCUT2D eigenvalue weighted by Gasteiger charge is 2.29. The van der Waals surface area contributed by atoms with Crippen molar-refractivity contribution >= 4 is 55.4 Å². The molecule has 0 fully saturated rings. The van der Waals surface area contributed by atoms with Crippen LogP contribution in [0.2, 0.25) is 0 Å². The summed E-state index contributed by atoms with van der Waals surface area (Å²) in [6, 6.07) is 0. The van der Waals surface area contributed by atoms with Crippen LogP contribution in [0.1, 0.15) is 0 Å². The third-order valence-corrected chi connectivity index (χ3v) is 4.62. The van der Waals surface area contributed by atoms with E-state index in [1.807, 2.05) is 0 Å². The second kappa shape index (κ2) is 6.03. The van der Waals surface area contributed by atoms with Gasteiger partial charge in [0.25, 0.3) is 0 Å². The molecule has 0 saturated carbocycles. The molecule has 168 valence electrons. The van der Waals surface area contributed by atoms with Gasteiger partial charge in [-0.2, -0.15) is 0 Å². The summed E-state index contributed by atoms with van der Waals surface area (Å²) in [5.74, 6) is 0. The van der Waals surface area contributed by atoms with E-state index in [9.17, 15) is 38.4 Å². The molecule has 0 N–H and O–H groups in total. The van der Waals surface area contributed by atoms with E-state index in [2.05, 4.69) is 0 Å². The quantitative estimate of drug-likeness (QED) is 0.192. The Morgan fingerprint density at radius 2 is 0.382 bits per heavy atom. The molecule has 0 bridgehead atoms. The summed E-state index contributed by atoms with van der Waals surface area (Å²) in [5.41, 5.74) is -18.7. The van der Waals surface area contributed by atoms with E-state index in [0.29, 0.717) is 0 Å². The Labute approximate surface area is 175 Å². The highest BCUT2D eigenvalue weighted by molar-refractivity contribution is 6.32. The molecule has 6 aromatic rings. The van der Waals surface area contributed by atoms with Crippen LogP contribution in [-0.2, 0) is 0 Å². The van der Waals surface area contributed by atoms with Gasteiger partial charge in [-0.05, 0) is 0 Å². The molecule has 0 aliphatic rings. The number of rotatable bonds is 0. The maximum Gasteiger partial charge on any atom is 0.423 e. The zero-order valence-electron chi connectivity index (χ0n) is 15.5. The first-order chi connectivity index (χ1) is 16.2. The van der Waals surface area contributed by atoms with Crippen LogP contribution in [0.3, 0.4) is 0 Å². The highest BCUT2D eigenvalue weighted by Crippen LogP contribution is 2.41. The molecule has 0 aliphatic heterocycles. The maximum absolute atomic E-state index is 11.9. The van der Waals surface area contributed by atoms with E-state index in [1.165, 1.54) is 0 Å². The van der Waals surface area contributed by atoms with Gasteiger partial charge in [0, 0.05) is 0 Å². The molecule has 34 heavy (non-hydrogen) atoms. The van der Waals surface area contributed by atoms with Crippen molar-refractivity contribution in [3.63, 3.8) is 0 Å². The fourth-order valence-electron chi connectivity index (χ4n) is 3.36. The Kier molecular flexibility index (Phi) is 3.40. The average Bonchev–Trinajstić information content (AvgIpc) is 2.78. The molecule has 0 aliphatic carbocycles. The Morgan fingerprint density at radius 3 is 0.559 bits per heavy atom. The second-order valence-corrected chi connectivity index (χ2v) is 6.50. The van der Waals surface area contributed by atoms with Gasteiger partial charge in [0.2, 0.25) is 22.3 Å². The van der Waals surface area contributed by atoms with Crippen LogP contribution < -0.4 is 45.0 Å². The third kappa shape index (κ3) is 2.29. The largest absolute Gasteiger partial charge is 0.423 e. The Hall–Kier alpha value is -5.54. The van der Waals surface area contributed by atoms with Crippen LogP contribution in [0.15, 0.2) is 73.7 Å². The molecule has 4 heterocycles. The standard InChI is InChI=1S/C18O16/c19-11-15(23)31-7-3(27-11)1-2(5-9(7)33-17(25)13(21)29-5)6-10(34-18(26)14(22)30-6)8-4(1)28-12(20)16(24)32-8. The molecule has 0 amide bonds.